The molecule has 0 aliphatic rings. The van der Waals surface area contributed by atoms with Gasteiger partial charge in [0.25, 0.3) is 5.91 Å². The Balaban J connectivity index is 2.52. The molecule has 0 aliphatic carbocycles. The molecule has 0 fully saturated rings. The van der Waals surface area contributed by atoms with Crippen LogP contribution in [0, 0.1) is 0 Å². The summed E-state index contributed by atoms with van der Waals surface area (Å²) in [5.41, 5.74) is 0.166. The van der Waals surface area contributed by atoms with E-state index in [4.69, 9.17) is 0 Å². The zero-order chi connectivity index (χ0) is 13.5. The molecule has 18 heavy (non-hydrogen) atoms. The number of amides is 2. The van der Waals surface area contributed by atoms with E-state index < -0.39 is 5.91 Å². The molecule has 0 aromatic carbocycles. The summed E-state index contributed by atoms with van der Waals surface area (Å²) in [5, 5.41) is 7.92. The van der Waals surface area contributed by atoms with E-state index >= 15 is 0 Å². The van der Waals surface area contributed by atoms with Crippen molar-refractivity contribution in [2.24, 2.45) is 0 Å². The Bertz CT molecular complexity index is 433. The summed E-state index contributed by atoms with van der Waals surface area (Å²) in [6, 6.07) is 0.0433. The second-order valence-corrected chi connectivity index (χ2v) is 3.94. The van der Waals surface area contributed by atoms with Crippen LogP contribution in [-0.4, -0.2) is 41.4 Å². The van der Waals surface area contributed by atoms with Gasteiger partial charge in [-0.05, 0) is 13.8 Å². The maximum Gasteiger partial charge on any atom is 0.272 e. The Hall–Kier alpha value is -2.18. The number of nitrogens with zero attached hydrogens (tertiary/aromatic N) is 2. The Kier molecular flexibility index (Phi) is 5.04. The number of carbonyl (C=O) groups is 2. The molecule has 7 heteroatoms. The molecule has 98 valence electrons. The minimum Gasteiger partial charge on any atom is -0.372 e. The second-order valence-electron chi connectivity index (χ2n) is 3.94. The second kappa shape index (κ2) is 6.53. The van der Waals surface area contributed by atoms with Crippen molar-refractivity contribution in [3.63, 3.8) is 0 Å². The number of hydrogen-bond acceptors (Lipinski definition) is 5. The quantitative estimate of drug-likeness (QED) is 0.672. The smallest absolute Gasteiger partial charge is 0.272 e. The van der Waals surface area contributed by atoms with Crippen LogP contribution in [0.1, 0.15) is 24.3 Å². The van der Waals surface area contributed by atoms with E-state index in [2.05, 4.69) is 25.9 Å². The van der Waals surface area contributed by atoms with Crippen LogP contribution in [0.5, 0.6) is 0 Å². The molecule has 0 saturated carbocycles. The van der Waals surface area contributed by atoms with Crippen LogP contribution in [0.4, 0.5) is 5.82 Å². The van der Waals surface area contributed by atoms with Gasteiger partial charge in [-0.15, -0.1) is 0 Å². The summed E-state index contributed by atoms with van der Waals surface area (Å²) >= 11 is 0. The summed E-state index contributed by atoms with van der Waals surface area (Å²) in [6.07, 6.45) is 2.85. The zero-order valence-electron chi connectivity index (χ0n) is 10.7. The average molecular weight is 251 g/mol. The van der Waals surface area contributed by atoms with Crippen LogP contribution >= 0.6 is 0 Å². The van der Waals surface area contributed by atoms with Gasteiger partial charge >= 0.3 is 0 Å². The Morgan fingerprint density at radius 2 is 2.06 bits per heavy atom. The molecule has 1 aromatic rings. The largest absolute Gasteiger partial charge is 0.372 e. The van der Waals surface area contributed by atoms with Gasteiger partial charge in [-0.25, -0.2) is 4.98 Å². The van der Waals surface area contributed by atoms with Gasteiger partial charge < -0.3 is 16.0 Å². The molecular formula is C11H17N5O2. The lowest BCUT2D eigenvalue weighted by Crippen LogP contribution is -2.40. The standard InChI is InChI=1S/C11H17N5O2/c1-7(2)15-10(17)6-14-11(18)8-4-13-5-9(12-3)16-8/h4-5,7H,6H2,1-3H3,(H,12,16)(H,14,18)(H,15,17). The Labute approximate surface area is 105 Å². The van der Waals surface area contributed by atoms with Gasteiger partial charge in [0.15, 0.2) is 0 Å². The van der Waals surface area contributed by atoms with Crippen LogP contribution in [-0.2, 0) is 4.79 Å². The highest BCUT2D eigenvalue weighted by molar-refractivity contribution is 5.94. The summed E-state index contributed by atoms with van der Waals surface area (Å²) < 4.78 is 0. The average Bonchev–Trinajstić information content (AvgIpc) is 2.35. The molecule has 1 aromatic heterocycles. The third-order valence-electron chi connectivity index (χ3n) is 1.98. The fourth-order valence-electron chi connectivity index (χ4n) is 1.22. The molecule has 3 N–H and O–H groups in total. The maximum absolute atomic E-state index is 11.7. The molecule has 7 nitrogen and oxygen atoms in total. The molecule has 0 saturated heterocycles. The van der Waals surface area contributed by atoms with Crippen molar-refractivity contribution in [3.05, 3.63) is 18.1 Å². The molecule has 1 rings (SSSR count). The minimum absolute atomic E-state index is 0.0433. The molecular weight excluding hydrogens is 234 g/mol. The van der Waals surface area contributed by atoms with Crippen molar-refractivity contribution in [3.8, 4) is 0 Å². The van der Waals surface area contributed by atoms with E-state index in [9.17, 15) is 9.59 Å². The van der Waals surface area contributed by atoms with Crippen LogP contribution in [0.15, 0.2) is 12.4 Å². The van der Waals surface area contributed by atoms with Crippen LogP contribution < -0.4 is 16.0 Å². The third kappa shape index (κ3) is 4.36. The van der Waals surface area contributed by atoms with Crippen molar-refractivity contribution in [1.82, 2.24) is 20.6 Å². The molecule has 0 bridgehead atoms. The fourth-order valence-corrected chi connectivity index (χ4v) is 1.22. The summed E-state index contributed by atoms with van der Waals surface area (Å²) in [4.78, 5) is 30.9. The first-order valence-corrected chi connectivity index (χ1v) is 5.60. The highest BCUT2D eigenvalue weighted by atomic mass is 16.2. The number of anilines is 1. The van der Waals surface area contributed by atoms with E-state index in [1.807, 2.05) is 13.8 Å². The molecule has 0 unspecified atom stereocenters. The predicted octanol–water partition coefficient (Wildman–Crippen LogP) is -0.227. The molecule has 0 atom stereocenters. The number of hydrogen-bond donors (Lipinski definition) is 3. The van der Waals surface area contributed by atoms with Crippen molar-refractivity contribution >= 4 is 17.6 Å². The lowest BCUT2D eigenvalue weighted by molar-refractivity contribution is -0.120. The van der Waals surface area contributed by atoms with Crippen LogP contribution in [0.3, 0.4) is 0 Å². The summed E-state index contributed by atoms with van der Waals surface area (Å²) in [7, 11) is 1.68. The van der Waals surface area contributed by atoms with Gasteiger partial charge in [0, 0.05) is 13.1 Å². The Morgan fingerprint density at radius 3 is 2.67 bits per heavy atom. The monoisotopic (exact) mass is 251 g/mol. The fraction of sp³-hybridized carbons (Fsp3) is 0.455. The van der Waals surface area contributed by atoms with Crippen molar-refractivity contribution in [2.45, 2.75) is 19.9 Å². The summed E-state index contributed by atoms with van der Waals surface area (Å²) in [5.74, 6) is -0.177. The topological polar surface area (TPSA) is 96.0 Å². The highest BCUT2D eigenvalue weighted by Gasteiger charge is 2.10. The van der Waals surface area contributed by atoms with E-state index in [1.165, 1.54) is 12.4 Å². The van der Waals surface area contributed by atoms with Gasteiger partial charge in [-0.1, -0.05) is 0 Å². The molecule has 2 amide bonds. The predicted molar refractivity (Wildman–Crippen MR) is 67.2 cm³/mol. The highest BCUT2D eigenvalue weighted by Crippen LogP contribution is 2.00. The first-order chi connectivity index (χ1) is 8.52. The first kappa shape index (κ1) is 13.9. The van der Waals surface area contributed by atoms with E-state index in [0.717, 1.165) is 0 Å². The van der Waals surface area contributed by atoms with Crippen LogP contribution in [0.2, 0.25) is 0 Å². The minimum atomic E-state index is -0.432. The van der Waals surface area contributed by atoms with Gasteiger partial charge in [0.05, 0.1) is 18.9 Å². The summed E-state index contributed by atoms with van der Waals surface area (Å²) in [6.45, 7) is 3.62. The van der Waals surface area contributed by atoms with E-state index in [1.54, 1.807) is 7.05 Å². The maximum atomic E-state index is 11.7. The molecule has 0 radical (unpaired) electrons. The number of rotatable bonds is 5. The lowest BCUT2D eigenvalue weighted by atomic mass is 10.3. The van der Waals surface area contributed by atoms with Gasteiger partial charge in [0.1, 0.15) is 11.5 Å². The van der Waals surface area contributed by atoms with Gasteiger partial charge in [0.2, 0.25) is 5.91 Å². The normalized spacial score (nSPS) is 10.0. The third-order valence-corrected chi connectivity index (χ3v) is 1.98. The first-order valence-electron chi connectivity index (χ1n) is 5.60. The zero-order valence-corrected chi connectivity index (χ0v) is 10.7. The van der Waals surface area contributed by atoms with Gasteiger partial charge in [-0.3, -0.25) is 14.6 Å². The Morgan fingerprint density at radius 1 is 1.33 bits per heavy atom. The SMILES string of the molecule is CNc1cncc(C(=O)NCC(=O)NC(C)C)n1. The van der Waals surface area contributed by atoms with Crippen molar-refractivity contribution < 1.29 is 9.59 Å². The number of nitrogens with one attached hydrogen (secondary N) is 3. The van der Waals surface area contributed by atoms with Crippen molar-refractivity contribution in [2.75, 3.05) is 18.9 Å². The molecule has 0 spiro atoms. The van der Waals surface area contributed by atoms with Crippen molar-refractivity contribution in [1.29, 1.82) is 0 Å². The number of carbonyl (C=O) groups excluding carboxylic acids is 2. The molecule has 1 heterocycles. The lowest BCUT2D eigenvalue weighted by Gasteiger charge is -2.09. The number of aromatic nitrogens is 2. The molecule has 0 aliphatic heterocycles. The van der Waals surface area contributed by atoms with E-state index in [-0.39, 0.29) is 24.2 Å². The van der Waals surface area contributed by atoms with E-state index in [0.29, 0.717) is 5.82 Å². The van der Waals surface area contributed by atoms with Crippen LogP contribution in [0.25, 0.3) is 0 Å². The van der Waals surface area contributed by atoms with Gasteiger partial charge in [-0.2, -0.15) is 0 Å².